The van der Waals surface area contributed by atoms with Gasteiger partial charge in [0, 0.05) is 0 Å². The largest absolute Gasteiger partial charge is 0.355 e. The highest BCUT2D eigenvalue weighted by Crippen LogP contribution is 2.04. The highest BCUT2D eigenvalue weighted by molar-refractivity contribution is 5.36. The number of anilines is 1. The SMILES string of the molecule is C#CC(CC)Nc1ccc(C)nn1. The molecule has 1 heterocycles. The standard InChI is InChI=1S/C10H13N3/c1-4-9(5-2)11-10-7-6-8(3)12-13-10/h1,6-7,9H,5H2,2-3H3,(H,11,13). The zero-order chi connectivity index (χ0) is 9.68. The zero-order valence-electron chi connectivity index (χ0n) is 7.91. The maximum Gasteiger partial charge on any atom is 0.149 e. The number of nitrogens with zero attached hydrogens (tertiary/aromatic N) is 2. The van der Waals surface area contributed by atoms with Crippen molar-refractivity contribution >= 4 is 5.82 Å². The normalized spacial score (nSPS) is 11.8. The van der Waals surface area contributed by atoms with Crippen molar-refractivity contribution in [2.45, 2.75) is 26.3 Å². The summed E-state index contributed by atoms with van der Waals surface area (Å²) in [6, 6.07) is 3.82. The Labute approximate surface area is 78.6 Å². The highest BCUT2D eigenvalue weighted by atomic mass is 15.2. The molecule has 1 unspecified atom stereocenters. The van der Waals surface area contributed by atoms with E-state index in [9.17, 15) is 0 Å². The Balaban J connectivity index is 2.64. The predicted octanol–water partition coefficient (Wildman–Crippen LogP) is 1.61. The van der Waals surface area contributed by atoms with Crippen LogP contribution < -0.4 is 5.32 Å². The fourth-order valence-corrected chi connectivity index (χ4v) is 0.916. The number of aryl methyl sites for hydroxylation is 1. The van der Waals surface area contributed by atoms with Gasteiger partial charge < -0.3 is 5.32 Å². The summed E-state index contributed by atoms with van der Waals surface area (Å²) in [5.41, 5.74) is 0.902. The minimum absolute atomic E-state index is 0.0389. The molecule has 0 aliphatic carbocycles. The molecule has 1 N–H and O–H groups in total. The van der Waals surface area contributed by atoms with Gasteiger partial charge in [-0.15, -0.1) is 11.5 Å². The van der Waals surface area contributed by atoms with E-state index in [1.165, 1.54) is 0 Å². The van der Waals surface area contributed by atoms with Crippen molar-refractivity contribution < 1.29 is 0 Å². The molecule has 0 amide bonds. The summed E-state index contributed by atoms with van der Waals surface area (Å²) in [6.45, 7) is 3.93. The van der Waals surface area contributed by atoms with Crippen LogP contribution in [0.5, 0.6) is 0 Å². The van der Waals surface area contributed by atoms with Crippen molar-refractivity contribution in [1.29, 1.82) is 0 Å². The minimum atomic E-state index is 0.0389. The Morgan fingerprint density at radius 2 is 2.31 bits per heavy atom. The lowest BCUT2D eigenvalue weighted by Crippen LogP contribution is -2.16. The third kappa shape index (κ3) is 2.75. The van der Waals surface area contributed by atoms with Gasteiger partial charge in [-0.1, -0.05) is 12.8 Å². The van der Waals surface area contributed by atoms with Gasteiger partial charge in [0.25, 0.3) is 0 Å². The molecule has 13 heavy (non-hydrogen) atoms. The van der Waals surface area contributed by atoms with E-state index in [0.29, 0.717) is 0 Å². The van der Waals surface area contributed by atoms with Crippen LogP contribution in [0.25, 0.3) is 0 Å². The molecule has 0 aliphatic rings. The van der Waals surface area contributed by atoms with Crippen molar-refractivity contribution in [2.75, 3.05) is 5.32 Å². The molecule has 0 radical (unpaired) electrons. The van der Waals surface area contributed by atoms with Gasteiger partial charge >= 0.3 is 0 Å². The topological polar surface area (TPSA) is 37.8 Å². The summed E-state index contributed by atoms with van der Waals surface area (Å²) in [4.78, 5) is 0. The average molecular weight is 175 g/mol. The second-order valence-corrected chi connectivity index (χ2v) is 2.83. The molecule has 0 bridgehead atoms. The van der Waals surface area contributed by atoms with Gasteiger partial charge in [0.15, 0.2) is 0 Å². The molecule has 1 aromatic heterocycles. The van der Waals surface area contributed by atoms with E-state index in [1.54, 1.807) is 0 Å². The van der Waals surface area contributed by atoms with Crippen LogP contribution in [0.15, 0.2) is 12.1 Å². The lowest BCUT2D eigenvalue weighted by Gasteiger charge is -2.09. The van der Waals surface area contributed by atoms with E-state index >= 15 is 0 Å². The molecule has 1 atom stereocenters. The van der Waals surface area contributed by atoms with Crippen LogP contribution in [-0.2, 0) is 0 Å². The summed E-state index contributed by atoms with van der Waals surface area (Å²) >= 11 is 0. The van der Waals surface area contributed by atoms with Crippen LogP contribution in [0.3, 0.4) is 0 Å². The van der Waals surface area contributed by atoms with Crippen LogP contribution in [0.1, 0.15) is 19.0 Å². The summed E-state index contributed by atoms with van der Waals surface area (Å²) in [6.07, 6.45) is 6.18. The number of rotatable bonds is 3. The van der Waals surface area contributed by atoms with Crippen molar-refractivity contribution in [3.05, 3.63) is 17.8 Å². The summed E-state index contributed by atoms with van der Waals surface area (Å²) < 4.78 is 0. The van der Waals surface area contributed by atoms with Crippen LogP contribution in [0.4, 0.5) is 5.82 Å². The van der Waals surface area contributed by atoms with Gasteiger partial charge in [-0.3, -0.25) is 0 Å². The zero-order valence-corrected chi connectivity index (χ0v) is 7.91. The quantitative estimate of drug-likeness (QED) is 0.709. The number of terminal acetylenes is 1. The van der Waals surface area contributed by atoms with Crippen LogP contribution in [-0.4, -0.2) is 16.2 Å². The monoisotopic (exact) mass is 175 g/mol. The maximum atomic E-state index is 5.30. The van der Waals surface area contributed by atoms with E-state index in [4.69, 9.17) is 6.42 Å². The Kier molecular flexibility index (Phi) is 3.27. The number of hydrogen-bond acceptors (Lipinski definition) is 3. The highest BCUT2D eigenvalue weighted by Gasteiger charge is 2.01. The van der Waals surface area contributed by atoms with Crippen LogP contribution in [0, 0.1) is 19.3 Å². The Morgan fingerprint density at radius 1 is 1.54 bits per heavy atom. The van der Waals surface area contributed by atoms with Gasteiger partial charge in [-0.05, 0) is 25.5 Å². The van der Waals surface area contributed by atoms with E-state index < -0.39 is 0 Å². The molecule has 0 spiro atoms. The van der Waals surface area contributed by atoms with Crippen molar-refractivity contribution in [1.82, 2.24) is 10.2 Å². The first-order valence-electron chi connectivity index (χ1n) is 4.29. The number of nitrogens with one attached hydrogen (secondary N) is 1. The lowest BCUT2D eigenvalue weighted by atomic mass is 10.2. The third-order valence-electron chi connectivity index (χ3n) is 1.73. The molecule has 0 aromatic carbocycles. The first-order chi connectivity index (χ1) is 6.26. The Bertz CT molecular complexity index is 297. The maximum absolute atomic E-state index is 5.30. The first-order valence-corrected chi connectivity index (χ1v) is 4.29. The van der Waals surface area contributed by atoms with E-state index in [2.05, 4.69) is 21.4 Å². The summed E-state index contributed by atoms with van der Waals surface area (Å²) in [7, 11) is 0. The Hall–Kier alpha value is -1.56. The lowest BCUT2D eigenvalue weighted by molar-refractivity contribution is 0.838. The van der Waals surface area contributed by atoms with Gasteiger partial charge in [0.2, 0.25) is 0 Å². The smallest absolute Gasteiger partial charge is 0.149 e. The molecule has 3 heteroatoms. The second-order valence-electron chi connectivity index (χ2n) is 2.83. The first kappa shape index (κ1) is 9.53. The van der Waals surface area contributed by atoms with Gasteiger partial charge in [0.05, 0.1) is 11.7 Å². The number of hydrogen-bond donors (Lipinski definition) is 1. The van der Waals surface area contributed by atoms with Crippen molar-refractivity contribution in [3.63, 3.8) is 0 Å². The van der Waals surface area contributed by atoms with Crippen LogP contribution in [0.2, 0.25) is 0 Å². The fraction of sp³-hybridized carbons (Fsp3) is 0.400. The van der Waals surface area contributed by atoms with E-state index in [-0.39, 0.29) is 6.04 Å². The summed E-state index contributed by atoms with van der Waals surface area (Å²) in [5, 5.41) is 11.0. The molecule has 0 aliphatic heterocycles. The van der Waals surface area contributed by atoms with Gasteiger partial charge in [0.1, 0.15) is 5.82 Å². The molecule has 0 saturated carbocycles. The molecular formula is C10H13N3. The average Bonchev–Trinajstić information content (AvgIpc) is 2.17. The Morgan fingerprint density at radius 3 is 2.77 bits per heavy atom. The molecule has 1 rings (SSSR count). The fourth-order valence-electron chi connectivity index (χ4n) is 0.916. The molecule has 0 saturated heterocycles. The van der Waals surface area contributed by atoms with E-state index in [1.807, 2.05) is 26.0 Å². The van der Waals surface area contributed by atoms with Gasteiger partial charge in [-0.25, -0.2) is 0 Å². The predicted molar refractivity (Wildman–Crippen MR) is 53.3 cm³/mol. The summed E-state index contributed by atoms with van der Waals surface area (Å²) in [5.74, 6) is 3.37. The van der Waals surface area contributed by atoms with Crippen molar-refractivity contribution in [3.8, 4) is 12.3 Å². The molecule has 0 fully saturated rings. The van der Waals surface area contributed by atoms with Crippen molar-refractivity contribution in [2.24, 2.45) is 0 Å². The third-order valence-corrected chi connectivity index (χ3v) is 1.73. The second kappa shape index (κ2) is 4.46. The molecule has 3 nitrogen and oxygen atoms in total. The van der Waals surface area contributed by atoms with E-state index in [0.717, 1.165) is 17.9 Å². The van der Waals surface area contributed by atoms with Gasteiger partial charge in [-0.2, -0.15) is 5.10 Å². The van der Waals surface area contributed by atoms with Crippen LogP contribution >= 0.6 is 0 Å². The number of aromatic nitrogens is 2. The molecular weight excluding hydrogens is 162 g/mol. The molecule has 68 valence electrons. The molecule has 1 aromatic rings. The minimum Gasteiger partial charge on any atom is -0.355 e.